The predicted molar refractivity (Wildman–Crippen MR) is 137 cm³/mol. The third kappa shape index (κ3) is 8.18. The maximum atomic E-state index is 9.49. The molecule has 0 radical (unpaired) electrons. The van der Waals surface area contributed by atoms with E-state index in [0.717, 1.165) is 44.5 Å². The molecular weight excluding hydrogens is 438 g/mol. The highest BCUT2D eigenvalue weighted by molar-refractivity contribution is 7.99. The van der Waals surface area contributed by atoms with Crippen LogP contribution in [-0.4, -0.2) is 17.3 Å². The van der Waals surface area contributed by atoms with Crippen molar-refractivity contribution in [3.05, 3.63) is 88.9 Å². The Kier molecular flexibility index (Phi) is 11.1. The second-order valence-electron chi connectivity index (χ2n) is 7.48. The molecule has 0 aromatic heterocycles. The van der Waals surface area contributed by atoms with E-state index in [1.807, 2.05) is 69.3 Å². The summed E-state index contributed by atoms with van der Waals surface area (Å²) in [6, 6.07) is 24.3. The van der Waals surface area contributed by atoms with E-state index in [2.05, 4.69) is 24.3 Å². The molecule has 0 aliphatic rings. The minimum absolute atomic E-state index is 0.0161. The molecule has 172 valence electrons. The van der Waals surface area contributed by atoms with Gasteiger partial charge in [0.25, 0.3) is 0 Å². The molecule has 5 heteroatoms. The highest BCUT2D eigenvalue weighted by atomic mass is 35.5. The van der Waals surface area contributed by atoms with E-state index in [0.29, 0.717) is 13.0 Å². The average Bonchev–Trinajstić information content (AvgIpc) is 2.84. The number of aryl methyl sites for hydroxylation is 1. The summed E-state index contributed by atoms with van der Waals surface area (Å²) >= 11 is 8.17. The van der Waals surface area contributed by atoms with E-state index in [9.17, 15) is 5.11 Å². The van der Waals surface area contributed by atoms with Gasteiger partial charge in [0, 0.05) is 20.4 Å². The summed E-state index contributed by atoms with van der Waals surface area (Å²) in [5.74, 6) is 0.842. The number of ether oxygens (including phenoxy) is 1. The molecule has 0 fully saturated rings. The number of benzene rings is 3. The molecule has 0 amide bonds. The Morgan fingerprint density at radius 1 is 0.969 bits per heavy atom. The number of hydrogen-bond donors (Lipinski definition) is 2. The SMILES string of the molecule is CC.CCC(N)(CO)CCc1ccc(Sc2cccc(OCc3ccccc3)c2)cc1Cl. The second-order valence-corrected chi connectivity index (χ2v) is 9.03. The third-order valence-corrected chi connectivity index (χ3v) is 6.56. The van der Waals surface area contributed by atoms with Crippen molar-refractivity contribution in [2.75, 3.05) is 6.61 Å². The fourth-order valence-corrected chi connectivity index (χ4v) is 4.30. The van der Waals surface area contributed by atoms with Crippen LogP contribution in [0, 0.1) is 0 Å². The van der Waals surface area contributed by atoms with Crippen LogP contribution in [0.15, 0.2) is 82.6 Å². The highest BCUT2D eigenvalue weighted by Crippen LogP contribution is 2.33. The van der Waals surface area contributed by atoms with Gasteiger partial charge in [0.05, 0.1) is 6.61 Å². The maximum Gasteiger partial charge on any atom is 0.120 e. The van der Waals surface area contributed by atoms with Crippen LogP contribution >= 0.6 is 23.4 Å². The van der Waals surface area contributed by atoms with Crippen molar-refractivity contribution < 1.29 is 9.84 Å². The van der Waals surface area contributed by atoms with Crippen LogP contribution < -0.4 is 10.5 Å². The molecule has 3 aromatic rings. The summed E-state index contributed by atoms with van der Waals surface area (Å²) in [7, 11) is 0. The molecule has 0 saturated carbocycles. The molecule has 3 rings (SSSR count). The van der Waals surface area contributed by atoms with Gasteiger partial charge < -0.3 is 15.6 Å². The van der Waals surface area contributed by atoms with Crippen LogP contribution in [0.4, 0.5) is 0 Å². The minimum Gasteiger partial charge on any atom is -0.489 e. The van der Waals surface area contributed by atoms with Gasteiger partial charge in [-0.25, -0.2) is 0 Å². The van der Waals surface area contributed by atoms with Crippen LogP contribution in [0.3, 0.4) is 0 Å². The van der Waals surface area contributed by atoms with Gasteiger partial charge in [-0.05, 0) is 60.7 Å². The van der Waals surface area contributed by atoms with Gasteiger partial charge in [-0.2, -0.15) is 0 Å². The number of nitrogens with two attached hydrogens (primary N) is 1. The Labute approximate surface area is 202 Å². The van der Waals surface area contributed by atoms with Gasteiger partial charge in [-0.3, -0.25) is 0 Å². The summed E-state index contributed by atoms with van der Waals surface area (Å²) in [4.78, 5) is 2.16. The van der Waals surface area contributed by atoms with E-state index >= 15 is 0 Å². The largest absolute Gasteiger partial charge is 0.489 e. The van der Waals surface area contributed by atoms with Crippen molar-refractivity contribution in [1.82, 2.24) is 0 Å². The number of halogens is 1. The van der Waals surface area contributed by atoms with Crippen LogP contribution in [0.5, 0.6) is 5.75 Å². The first-order valence-corrected chi connectivity index (χ1v) is 12.3. The molecular formula is C27H34ClNO2S. The first-order chi connectivity index (χ1) is 15.5. The summed E-state index contributed by atoms with van der Waals surface area (Å²) in [5.41, 5.74) is 7.84. The lowest BCUT2D eigenvalue weighted by Gasteiger charge is -2.25. The molecule has 0 spiro atoms. The van der Waals surface area contributed by atoms with Gasteiger partial charge in [0.15, 0.2) is 0 Å². The Hall–Kier alpha value is -1.98. The van der Waals surface area contributed by atoms with Crippen molar-refractivity contribution in [3.8, 4) is 5.75 Å². The molecule has 3 aromatic carbocycles. The Morgan fingerprint density at radius 2 is 1.69 bits per heavy atom. The van der Waals surface area contributed by atoms with Gasteiger partial charge in [-0.1, -0.05) is 86.6 Å². The smallest absolute Gasteiger partial charge is 0.120 e. The Balaban J connectivity index is 0.00000176. The van der Waals surface area contributed by atoms with Gasteiger partial charge in [0.1, 0.15) is 12.4 Å². The quantitative estimate of drug-likeness (QED) is 0.330. The minimum atomic E-state index is -0.545. The highest BCUT2D eigenvalue weighted by Gasteiger charge is 2.21. The van der Waals surface area contributed by atoms with Gasteiger partial charge >= 0.3 is 0 Å². The van der Waals surface area contributed by atoms with E-state index in [1.54, 1.807) is 11.8 Å². The van der Waals surface area contributed by atoms with E-state index in [-0.39, 0.29) is 6.61 Å². The average molecular weight is 472 g/mol. The van der Waals surface area contributed by atoms with E-state index < -0.39 is 5.54 Å². The first kappa shape index (κ1) is 26.3. The maximum absolute atomic E-state index is 9.49. The number of rotatable bonds is 10. The molecule has 32 heavy (non-hydrogen) atoms. The van der Waals surface area contributed by atoms with Crippen LogP contribution in [0.2, 0.25) is 5.02 Å². The fraction of sp³-hybridized carbons (Fsp3) is 0.333. The molecule has 0 heterocycles. The first-order valence-electron chi connectivity index (χ1n) is 11.1. The van der Waals surface area contributed by atoms with Crippen molar-refractivity contribution in [1.29, 1.82) is 0 Å². The van der Waals surface area contributed by atoms with Crippen molar-refractivity contribution >= 4 is 23.4 Å². The lowest BCUT2D eigenvalue weighted by Crippen LogP contribution is -2.43. The zero-order valence-electron chi connectivity index (χ0n) is 19.2. The fourth-order valence-electron chi connectivity index (χ4n) is 3.05. The monoisotopic (exact) mass is 471 g/mol. The zero-order chi connectivity index (χ0) is 23.4. The van der Waals surface area contributed by atoms with Crippen molar-refractivity contribution in [3.63, 3.8) is 0 Å². The number of aliphatic hydroxyl groups excluding tert-OH is 1. The molecule has 0 saturated heterocycles. The van der Waals surface area contributed by atoms with Crippen molar-refractivity contribution in [2.45, 2.75) is 62.0 Å². The standard InChI is InChI=1S/C25H28ClNO2S.C2H6/c1-2-25(27,18-28)14-13-20-11-12-23(16-24(20)26)30-22-10-6-9-21(15-22)29-17-19-7-4-3-5-8-19;1-2/h3-12,15-16,28H,2,13-14,17-18,27H2,1H3;1-2H3. The number of aliphatic hydroxyl groups is 1. The second kappa shape index (κ2) is 13.5. The molecule has 1 atom stereocenters. The summed E-state index contributed by atoms with van der Waals surface area (Å²) in [5, 5.41) is 10.2. The molecule has 3 nitrogen and oxygen atoms in total. The summed E-state index contributed by atoms with van der Waals surface area (Å²) < 4.78 is 5.93. The normalized spacial score (nSPS) is 12.4. The summed E-state index contributed by atoms with van der Waals surface area (Å²) in [6.07, 6.45) is 2.18. The molecule has 0 aliphatic heterocycles. The molecule has 1 unspecified atom stereocenters. The lowest BCUT2D eigenvalue weighted by atomic mass is 9.90. The summed E-state index contributed by atoms with van der Waals surface area (Å²) in [6.45, 7) is 6.52. The lowest BCUT2D eigenvalue weighted by molar-refractivity contribution is 0.183. The Bertz CT molecular complexity index is 945. The van der Waals surface area contributed by atoms with Crippen LogP contribution in [-0.2, 0) is 13.0 Å². The van der Waals surface area contributed by atoms with E-state index in [4.69, 9.17) is 22.1 Å². The topological polar surface area (TPSA) is 55.5 Å². The van der Waals surface area contributed by atoms with E-state index in [1.165, 1.54) is 0 Å². The van der Waals surface area contributed by atoms with Crippen molar-refractivity contribution in [2.24, 2.45) is 5.73 Å². The Morgan fingerprint density at radius 3 is 2.34 bits per heavy atom. The van der Waals surface area contributed by atoms with Crippen LogP contribution in [0.1, 0.15) is 44.7 Å². The van der Waals surface area contributed by atoms with Crippen LogP contribution in [0.25, 0.3) is 0 Å². The number of hydrogen-bond acceptors (Lipinski definition) is 4. The molecule has 0 bridgehead atoms. The molecule has 0 aliphatic carbocycles. The van der Waals surface area contributed by atoms with Gasteiger partial charge in [-0.15, -0.1) is 0 Å². The third-order valence-electron chi connectivity index (χ3n) is 5.23. The predicted octanol–water partition coefficient (Wildman–Crippen LogP) is 7.13. The van der Waals surface area contributed by atoms with Gasteiger partial charge in [0.2, 0.25) is 0 Å². The molecule has 3 N–H and O–H groups in total. The zero-order valence-corrected chi connectivity index (χ0v) is 20.8.